The Balaban J connectivity index is 2.73. The number of para-hydroxylation sites is 1. The molecule has 0 heterocycles. The van der Waals surface area contributed by atoms with E-state index in [0.717, 1.165) is 11.3 Å². The molecule has 0 atom stereocenters. The van der Waals surface area contributed by atoms with Gasteiger partial charge in [-0.05, 0) is 24.3 Å². The van der Waals surface area contributed by atoms with Gasteiger partial charge in [0.05, 0.1) is 0 Å². The third-order valence-corrected chi connectivity index (χ3v) is 1.88. The summed E-state index contributed by atoms with van der Waals surface area (Å²) in [6, 6.07) is 7.61. The molecular formula is C11H13NO2. The van der Waals surface area contributed by atoms with Crippen molar-refractivity contribution in [2.75, 3.05) is 5.32 Å². The number of nitrogens with one attached hydrogen (secondary N) is 1. The molecule has 1 aromatic carbocycles. The minimum Gasteiger partial charge on any atom is -0.481 e. The highest BCUT2D eigenvalue weighted by Crippen LogP contribution is 2.16. The van der Waals surface area contributed by atoms with Gasteiger partial charge >= 0.3 is 5.97 Å². The number of aliphatic carboxylic acids is 1. The standard InChI is InChI=1S/C11H13NO2/c1-2-12-10-6-4-3-5-9(10)7-8-11(13)14/h2-6,12H,1,7-8H2,(H,13,14). The quantitative estimate of drug-likeness (QED) is 0.750. The molecule has 14 heavy (non-hydrogen) atoms. The number of carbonyl (C=O) groups is 1. The second-order valence-electron chi connectivity index (χ2n) is 2.90. The lowest BCUT2D eigenvalue weighted by Gasteiger charge is -2.07. The highest BCUT2D eigenvalue weighted by molar-refractivity contribution is 5.67. The van der Waals surface area contributed by atoms with Gasteiger partial charge in [0, 0.05) is 12.1 Å². The molecule has 1 aromatic rings. The minimum absolute atomic E-state index is 0.149. The average molecular weight is 191 g/mol. The van der Waals surface area contributed by atoms with Crippen LogP contribution in [0.4, 0.5) is 5.69 Å². The highest BCUT2D eigenvalue weighted by atomic mass is 16.4. The molecule has 0 aromatic heterocycles. The van der Waals surface area contributed by atoms with Gasteiger partial charge in [-0.3, -0.25) is 4.79 Å². The topological polar surface area (TPSA) is 49.3 Å². The Bertz CT molecular complexity index is 334. The maximum atomic E-state index is 10.4. The summed E-state index contributed by atoms with van der Waals surface area (Å²) in [4.78, 5) is 10.4. The minimum atomic E-state index is -0.779. The van der Waals surface area contributed by atoms with Crippen molar-refractivity contribution in [3.63, 3.8) is 0 Å². The molecule has 0 saturated heterocycles. The molecule has 3 heteroatoms. The van der Waals surface area contributed by atoms with Crippen molar-refractivity contribution >= 4 is 11.7 Å². The van der Waals surface area contributed by atoms with E-state index >= 15 is 0 Å². The Hall–Kier alpha value is -1.77. The van der Waals surface area contributed by atoms with Crippen LogP contribution in [0, 0.1) is 0 Å². The van der Waals surface area contributed by atoms with Crippen molar-refractivity contribution < 1.29 is 9.90 Å². The first kappa shape index (κ1) is 10.3. The predicted octanol–water partition coefficient (Wildman–Crippen LogP) is 2.26. The Morgan fingerprint density at radius 1 is 1.50 bits per heavy atom. The van der Waals surface area contributed by atoms with Gasteiger partial charge in [-0.1, -0.05) is 24.8 Å². The molecule has 0 bridgehead atoms. The van der Waals surface area contributed by atoms with Crippen LogP contribution in [0.15, 0.2) is 37.0 Å². The molecule has 0 fully saturated rings. The lowest BCUT2D eigenvalue weighted by atomic mass is 10.1. The van der Waals surface area contributed by atoms with E-state index in [2.05, 4.69) is 11.9 Å². The summed E-state index contributed by atoms with van der Waals surface area (Å²) in [5, 5.41) is 11.5. The van der Waals surface area contributed by atoms with E-state index in [9.17, 15) is 4.79 Å². The molecule has 0 spiro atoms. The second kappa shape index (κ2) is 5.07. The number of anilines is 1. The largest absolute Gasteiger partial charge is 0.481 e. The van der Waals surface area contributed by atoms with Gasteiger partial charge in [0.2, 0.25) is 0 Å². The van der Waals surface area contributed by atoms with Crippen molar-refractivity contribution in [3.8, 4) is 0 Å². The SMILES string of the molecule is C=CNc1ccccc1CCC(=O)O. The molecule has 0 saturated carbocycles. The van der Waals surface area contributed by atoms with Gasteiger partial charge in [0.15, 0.2) is 0 Å². The zero-order valence-electron chi connectivity index (χ0n) is 7.86. The predicted molar refractivity (Wildman–Crippen MR) is 56.2 cm³/mol. The second-order valence-corrected chi connectivity index (χ2v) is 2.90. The third kappa shape index (κ3) is 2.94. The molecule has 0 aliphatic heterocycles. The van der Waals surface area contributed by atoms with E-state index in [1.165, 1.54) is 0 Å². The van der Waals surface area contributed by atoms with E-state index in [-0.39, 0.29) is 6.42 Å². The zero-order valence-corrected chi connectivity index (χ0v) is 7.86. The van der Waals surface area contributed by atoms with E-state index < -0.39 is 5.97 Å². The summed E-state index contributed by atoms with van der Waals surface area (Å²) in [5.74, 6) is -0.779. The number of benzene rings is 1. The van der Waals surface area contributed by atoms with Gasteiger partial charge in [-0.15, -0.1) is 0 Å². The highest BCUT2D eigenvalue weighted by Gasteiger charge is 2.02. The normalized spacial score (nSPS) is 9.43. The number of hydrogen-bond donors (Lipinski definition) is 2. The molecule has 0 aliphatic rings. The molecule has 74 valence electrons. The van der Waals surface area contributed by atoms with Crippen LogP contribution in [-0.4, -0.2) is 11.1 Å². The van der Waals surface area contributed by atoms with Crippen LogP contribution in [-0.2, 0) is 11.2 Å². The first-order chi connectivity index (χ1) is 6.74. The third-order valence-electron chi connectivity index (χ3n) is 1.88. The van der Waals surface area contributed by atoms with E-state index in [1.54, 1.807) is 6.20 Å². The van der Waals surface area contributed by atoms with Crippen LogP contribution in [0.5, 0.6) is 0 Å². The number of carboxylic acids is 1. The molecule has 0 aliphatic carbocycles. The fourth-order valence-corrected chi connectivity index (χ4v) is 1.23. The summed E-state index contributed by atoms with van der Waals surface area (Å²) >= 11 is 0. The fraction of sp³-hybridized carbons (Fsp3) is 0.182. The molecular weight excluding hydrogens is 178 g/mol. The molecule has 0 unspecified atom stereocenters. The van der Waals surface area contributed by atoms with Gasteiger partial charge in [-0.25, -0.2) is 0 Å². The van der Waals surface area contributed by atoms with Crippen molar-refractivity contribution in [2.45, 2.75) is 12.8 Å². The molecule has 0 amide bonds. The van der Waals surface area contributed by atoms with Crippen LogP contribution < -0.4 is 5.32 Å². The van der Waals surface area contributed by atoms with Crippen molar-refractivity contribution in [3.05, 3.63) is 42.6 Å². The van der Waals surface area contributed by atoms with E-state index in [0.29, 0.717) is 6.42 Å². The summed E-state index contributed by atoms with van der Waals surface area (Å²) in [6.07, 6.45) is 2.27. The van der Waals surface area contributed by atoms with Crippen LogP contribution in [0.25, 0.3) is 0 Å². The molecule has 3 nitrogen and oxygen atoms in total. The summed E-state index contributed by atoms with van der Waals surface area (Å²) in [5.41, 5.74) is 1.92. The Morgan fingerprint density at radius 3 is 2.86 bits per heavy atom. The van der Waals surface area contributed by atoms with Gasteiger partial charge in [0.25, 0.3) is 0 Å². The molecule has 1 rings (SSSR count). The first-order valence-electron chi connectivity index (χ1n) is 4.41. The van der Waals surface area contributed by atoms with Crippen LogP contribution in [0.1, 0.15) is 12.0 Å². The monoisotopic (exact) mass is 191 g/mol. The zero-order chi connectivity index (χ0) is 10.4. The lowest BCUT2D eigenvalue weighted by Crippen LogP contribution is -2.00. The van der Waals surface area contributed by atoms with Crippen LogP contribution in [0.3, 0.4) is 0 Å². The number of rotatable bonds is 5. The fourth-order valence-electron chi connectivity index (χ4n) is 1.23. The first-order valence-corrected chi connectivity index (χ1v) is 4.41. The van der Waals surface area contributed by atoms with Gasteiger partial charge < -0.3 is 10.4 Å². The van der Waals surface area contributed by atoms with Gasteiger partial charge in [0.1, 0.15) is 0 Å². The van der Waals surface area contributed by atoms with Crippen molar-refractivity contribution in [1.82, 2.24) is 0 Å². The lowest BCUT2D eigenvalue weighted by molar-refractivity contribution is -0.136. The van der Waals surface area contributed by atoms with Crippen molar-refractivity contribution in [1.29, 1.82) is 0 Å². The summed E-state index contributed by atoms with van der Waals surface area (Å²) in [7, 11) is 0. The average Bonchev–Trinajstić information content (AvgIpc) is 2.17. The number of hydrogen-bond acceptors (Lipinski definition) is 2. The Morgan fingerprint density at radius 2 is 2.21 bits per heavy atom. The summed E-state index contributed by atoms with van der Waals surface area (Å²) < 4.78 is 0. The Labute approximate surface area is 83.1 Å². The maximum Gasteiger partial charge on any atom is 0.303 e. The Kier molecular flexibility index (Phi) is 3.73. The summed E-state index contributed by atoms with van der Waals surface area (Å²) in [6.45, 7) is 3.56. The maximum absolute atomic E-state index is 10.4. The molecule has 2 N–H and O–H groups in total. The number of carboxylic acid groups (broad SMARTS) is 1. The van der Waals surface area contributed by atoms with E-state index in [4.69, 9.17) is 5.11 Å². The van der Waals surface area contributed by atoms with E-state index in [1.807, 2.05) is 24.3 Å². The number of aryl methyl sites for hydroxylation is 1. The van der Waals surface area contributed by atoms with Gasteiger partial charge in [-0.2, -0.15) is 0 Å². The van der Waals surface area contributed by atoms with Crippen LogP contribution >= 0.6 is 0 Å². The smallest absolute Gasteiger partial charge is 0.303 e. The van der Waals surface area contributed by atoms with Crippen LogP contribution in [0.2, 0.25) is 0 Å². The molecule has 0 radical (unpaired) electrons. The van der Waals surface area contributed by atoms with Crippen molar-refractivity contribution in [2.24, 2.45) is 0 Å².